The molecule has 366 valence electrons. The van der Waals surface area contributed by atoms with E-state index in [-0.39, 0.29) is 36.2 Å². The molecule has 4 aromatic carbocycles. The summed E-state index contributed by atoms with van der Waals surface area (Å²) in [5, 5.41) is 2.94. The highest BCUT2D eigenvalue weighted by Crippen LogP contribution is 2.51. The zero-order valence-electron chi connectivity index (χ0n) is 40.7. The number of thioether (sulfide) groups is 1. The Labute approximate surface area is 410 Å². The maximum atomic E-state index is 13.1. The Morgan fingerprint density at radius 3 is 1.99 bits per heavy atom. The number of imidazole rings is 1. The van der Waals surface area contributed by atoms with Crippen molar-refractivity contribution in [3.8, 4) is 17.2 Å². The Morgan fingerprint density at radius 2 is 1.41 bits per heavy atom. The molecule has 0 saturated carbocycles. The molecular weight excluding hydrogens is 916 g/mol. The molecule has 7 rings (SSSR count). The zero-order chi connectivity index (χ0) is 49.1. The van der Waals surface area contributed by atoms with Gasteiger partial charge in [0.1, 0.15) is 41.5 Å². The van der Waals surface area contributed by atoms with Crippen LogP contribution in [0.2, 0.25) is 0 Å². The number of nitrogens with zero attached hydrogens (tertiary/aromatic N) is 5. The monoisotopic (exact) mass is 978 g/mol. The lowest BCUT2D eigenvalue weighted by molar-refractivity contribution is -0.118. The second kappa shape index (κ2) is 23.4. The van der Waals surface area contributed by atoms with Crippen molar-refractivity contribution < 1.29 is 42.3 Å². The number of anilines is 1. The second-order valence-corrected chi connectivity index (χ2v) is 20.5. The zero-order valence-corrected chi connectivity index (χ0v) is 42.4. The molecule has 3 heterocycles. The van der Waals surface area contributed by atoms with E-state index in [1.54, 1.807) is 32.7 Å². The van der Waals surface area contributed by atoms with Crippen molar-refractivity contribution in [2.45, 2.75) is 91.0 Å². The van der Waals surface area contributed by atoms with E-state index in [4.69, 9.17) is 32.7 Å². The Hall–Kier alpha value is -5.45. The highest BCUT2D eigenvalue weighted by Gasteiger charge is 2.45. The second-order valence-electron chi connectivity index (χ2n) is 18.0. The van der Waals surface area contributed by atoms with Gasteiger partial charge in [0.05, 0.1) is 39.9 Å². The molecule has 1 unspecified atom stereocenters. The summed E-state index contributed by atoms with van der Waals surface area (Å²) in [6, 6.07) is 35.1. The Balaban J connectivity index is 1.25. The fourth-order valence-corrected chi connectivity index (χ4v) is 10.8. The van der Waals surface area contributed by atoms with E-state index >= 15 is 0 Å². The molecule has 0 bridgehead atoms. The smallest absolute Gasteiger partial charge is 0.263 e. The van der Waals surface area contributed by atoms with Gasteiger partial charge in [0, 0.05) is 29.7 Å². The first-order valence-corrected chi connectivity index (χ1v) is 25.2. The molecule has 0 radical (unpaired) electrons. The lowest BCUT2D eigenvalue weighted by Gasteiger charge is -2.39. The van der Waals surface area contributed by atoms with E-state index in [0.29, 0.717) is 47.2 Å². The van der Waals surface area contributed by atoms with Crippen molar-refractivity contribution in [1.29, 1.82) is 0 Å². The number of fused-ring (bicyclic) bond motifs is 1. The molecule has 1 saturated heterocycles. The largest absolute Gasteiger partial charge is 0.497 e. The lowest BCUT2D eigenvalue weighted by Crippen LogP contribution is -2.39. The van der Waals surface area contributed by atoms with Crippen molar-refractivity contribution >= 4 is 48.3 Å². The number of hydrogen-bond acceptors (Lipinski definition) is 14. The minimum Gasteiger partial charge on any atom is -0.497 e. The highest BCUT2D eigenvalue weighted by atomic mass is 32.2. The van der Waals surface area contributed by atoms with Crippen molar-refractivity contribution in [2.24, 2.45) is 5.41 Å². The number of rotatable bonds is 22. The molecule has 1 aliphatic rings. The van der Waals surface area contributed by atoms with Crippen LogP contribution in [0.25, 0.3) is 11.2 Å². The van der Waals surface area contributed by atoms with Gasteiger partial charge in [-0.15, -0.1) is 0 Å². The summed E-state index contributed by atoms with van der Waals surface area (Å²) in [5.41, 5.74) is 1.85. The number of methoxy groups -OCH3 is 2. The maximum Gasteiger partial charge on any atom is 0.263 e. The minimum absolute atomic E-state index is 0.0599. The number of para-hydroxylation sites is 1. The van der Waals surface area contributed by atoms with Crippen molar-refractivity contribution in [3.05, 3.63) is 139 Å². The first kappa shape index (κ1) is 51.4. The number of nitrogens with one attached hydrogen (secondary N) is 1. The molecule has 1 amide bonds. The van der Waals surface area contributed by atoms with Gasteiger partial charge in [-0.3, -0.25) is 14.2 Å². The molecule has 1 fully saturated rings. The fraction of sp³-hybridized carbons (Fsp3) is 0.404. The molecule has 4 atom stereocenters. The first-order chi connectivity index (χ1) is 33.2. The van der Waals surface area contributed by atoms with Gasteiger partial charge in [-0.25, -0.2) is 19.6 Å². The minimum atomic E-state index is -1.69. The van der Waals surface area contributed by atoms with Crippen molar-refractivity contribution in [2.75, 3.05) is 45.1 Å². The van der Waals surface area contributed by atoms with Crippen LogP contribution in [0.15, 0.2) is 122 Å². The number of amides is 1. The van der Waals surface area contributed by atoms with Gasteiger partial charge >= 0.3 is 0 Å². The number of aromatic nitrogens is 4. The van der Waals surface area contributed by atoms with Crippen LogP contribution in [-0.4, -0.2) is 99.3 Å². The van der Waals surface area contributed by atoms with Crippen LogP contribution in [-0.2, 0) is 33.7 Å². The Kier molecular flexibility index (Phi) is 17.5. The summed E-state index contributed by atoms with van der Waals surface area (Å²) < 4.78 is 49.3. The maximum absolute atomic E-state index is 13.1. The third-order valence-electron chi connectivity index (χ3n) is 11.5. The third-order valence-corrected chi connectivity index (χ3v) is 14.9. The quantitative estimate of drug-likeness (QED) is 0.0389. The predicted molar refractivity (Wildman–Crippen MR) is 269 cm³/mol. The SMILES string of the molecule is COc1ccc(C(OC[C@H]2O[C@@H](n3cnc4c(NC(=O)COc5ccccc5)ncnc43)C[C@H]2OP(OCCSC(=O)C(C)(C)C)N(C(C)C)C(C)C)(c2ccccc2)c2ccc(OC)cc2)cc1. The molecule has 15 nitrogen and oxygen atoms in total. The topological polar surface area (TPSA) is 158 Å². The average Bonchev–Trinajstić information content (AvgIpc) is 3.97. The van der Waals surface area contributed by atoms with E-state index in [1.165, 1.54) is 18.1 Å². The summed E-state index contributed by atoms with van der Waals surface area (Å²) in [5.74, 6) is 2.30. The Bertz CT molecular complexity index is 2520. The molecule has 1 aliphatic heterocycles. The number of ether oxygens (including phenoxy) is 5. The Morgan fingerprint density at radius 1 is 0.812 bits per heavy atom. The molecule has 0 aliphatic carbocycles. The standard InChI is InChI=1S/C52H63N6O9PS/c1-35(2)58(36(3)4)68(65-28-29-69-50(60)51(5,6)7)67-43-30-46(57-34-55-47-48(53-33-54-49(47)57)56-45(59)32-63-42-18-14-11-15-19-42)66-44(43)31-64-52(37-16-12-10-13-17-37,38-20-24-40(61-8)25-21-38)39-22-26-41(62-9)27-23-39/h10-27,33-36,43-44,46H,28-32H2,1-9H3,(H,53,54,56,59)/t43-,44-,46-,68?/m1/s1. The number of hydrogen-bond donors (Lipinski definition) is 1. The van der Waals surface area contributed by atoms with E-state index < -0.39 is 43.9 Å². The van der Waals surface area contributed by atoms with Crippen LogP contribution in [0.5, 0.6) is 17.2 Å². The number of benzene rings is 4. The van der Waals surface area contributed by atoms with Crippen LogP contribution >= 0.6 is 20.3 Å². The van der Waals surface area contributed by atoms with Gasteiger partial charge in [-0.1, -0.05) is 105 Å². The summed E-state index contributed by atoms with van der Waals surface area (Å²) in [7, 11) is 1.59. The molecule has 0 spiro atoms. The fourth-order valence-electron chi connectivity index (χ4n) is 8.11. The molecule has 2 aromatic heterocycles. The normalized spacial score (nSPS) is 16.8. The molecular formula is C52H63N6O9PS. The van der Waals surface area contributed by atoms with Crippen molar-refractivity contribution in [3.63, 3.8) is 0 Å². The number of carbonyl (C=O) groups excluding carboxylic acids is 2. The van der Waals surface area contributed by atoms with Crippen LogP contribution in [0.1, 0.15) is 77.8 Å². The molecule has 6 aromatic rings. The summed E-state index contributed by atoms with van der Waals surface area (Å²) >= 11 is 1.27. The van der Waals surface area contributed by atoms with E-state index in [0.717, 1.165) is 16.7 Å². The van der Waals surface area contributed by atoms with Gasteiger partial charge in [-0.05, 0) is 80.8 Å². The molecule has 1 N–H and O–H groups in total. The van der Waals surface area contributed by atoms with Crippen LogP contribution < -0.4 is 19.5 Å². The highest BCUT2D eigenvalue weighted by molar-refractivity contribution is 8.13. The van der Waals surface area contributed by atoms with Gasteiger partial charge < -0.3 is 38.0 Å². The summed E-state index contributed by atoms with van der Waals surface area (Å²) in [6.45, 7) is 14.4. The first-order valence-electron chi connectivity index (χ1n) is 23.1. The van der Waals surface area contributed by atoms with E-state index in [2.05, 4.69) is 64.8 Å². The lowest BCUT2D eigenvalue weighted by atomic mass is 9.80. The average molecular weight is 979 g/mol. The predicted octanol–water partition coefficient (Wildman–Crippen LogP) is 10.2. The van der Waals surface area contributed by atoms with Crippen LogP contribution in [0, 0.1) is 5.41 Å². The van der Waals surface area contributed by atoms with Crippen LogP contribution in [0.3, 0.4) is 0 Å². The van der Waals surface area contributed by atoms with E-state index in [9.17, 15) is 9.59 Å². The van der Waals surface area contributed by atoms with Gasteiger partial charge in [0.15, 0.2) is 28.7 Å². The van der Waals surface area contributed by atoms with Gasteiger partial charge in [0.2, 0.25) is 0 Å². The molecule has 69 heavy (non-hydrogen) atoms. The third kappa shape index (κ3) is 12.5. The number of carbonyl (C=O) groups is 2. The van der Waals surface area contributed by atoms with Crippen LogP contribution in [0.4, 0.5) is 5.82 Å². The van der Waals surface area contributed by atoms with E-state index in [1.807, 2.05) is 110 Å². The summed E-state index contributed by atoms with van der Waals surface area (Å²) in [6.07, 6.45) is 1.52. The van der Waals surface area contributed by atoms with Gasteiger partial charge in [-0.2, -0.15) is 0 Å². The summed E-state index contributed by atoms with van der Waals surface area (Å²) in [4.78, 5) is 39.7. The van der Waals surface area contributed by atoms with Gasteiger partial charge in [0.25, 0.3) is 14.4 Å². The van der Waals surface area contributed by atoms with Crippen molar-refractivity contribution in [1.82, 2.24) is 24.2 Å². The molecule has 17 heteroatoms.